The molecule has 2 atom stereocenters. The molecule has 2 aromatic heterocycles. The van der Waals surface area contributed by atoms with Crippen molar-refractivity contribution in [3.63, 3.8) is 0 Å². The summed E-state index contributed by atoms with van der Waals surface area (Å²) in [5.74, 6) is 0.174. The Bertz CT molecular complexity index is 1510. The Balaban J connectivity index is 1.46. The van der Waals surface area contributed by atoms with Gasteiger partial charge in [-0.15, -0.1) is 0 Å². The highest BCUT2D eigenvalue weighted by Crippen LogP contribution is 2.41. The maximum atomic E-state index is 13.0. The standard InChI is InChI=1S/C31H33N5O2S/c1-19-8-9-20(2)27(17-19)33-28(38)14-16-35-30(29(34-31(35)39)26-7-5-6-15-32-26)25-18-21(3)36(22(25)4)23-10-12-24(37)13-11-23/h5-13,15,17-18,29-30,37H,14,16H2,1-4H3,(H,33,38)(H,34,39). The number of aromatic nitrogens is 2. The fraction of sp³-hybridized carbons (Fsp3) is 0.258. The normalized spacial score (nSPS) is 16.8. The number of phenolic OH excluding ortho intramolecular Hbond substituents is 1. The van der Waals surface area contributed by atoms with Gasteiger partial charge in [0.25, 0.3) is 0 Å². The molecule has 1 aliphatic heterocycles. The minimum absolute atomic E-state index is 0.0545. The van der Waals surface area contributed by atoms with Crippen LogP contribution < -0.4 is 10.6 Å². The number of phenols is 1. The summed E-state index contributed by atoms with van der Waals surface area (Å²) in [5, 5.41) is 16.9. The first-order chi connectivity index (χ1) is 18.7. The lowest BCUT2D eigenvalue weighted by Crippen LogP contribution is -2.33. The van der Waals surface area contributed by atoms with Gasteiger partial charge in [0, 0.05) is 41.9 Å². The molecule has 3 N–H and O–H groups in total. The molecule has 3 heterocycles. The molecule has 0 radical (unpaired) electrons. The first-order valence-corrected chi connectivity index (χ1v) is 13.5. The second-order valence-corrected chi connectivity index (χ2v) is 10.5. The van der Waals surface area contributed by atoms with E-state index in [4.69, 9.17) is 12.2 Å². The number of anilines is 1. The van der Waals surface area contributed by atoms with Crippen molar-refractivity contribution >= 4 is 28.9 Å². The maximum Gasteiger partial charge on any atom is 0.226 e. The molecule has 1 amide bonds. The Morgan fingerprint density at radius 3 is 2.54 bits per heavy atom. The Labute approximate surface area is 234 Å². The van der Waals surface area contributed by atoms with Crippen molar-refractivity contribution in [1.29, 1.82) is 0 Å². The maximum absolute atomic E-state index is 13.0. The molecule has 200 valence electrons. The number of thiocarbonyl (C=S) groups is 1. The number of carbonyl (C=O) groups excluding carboxylic acids is 1. The number of rotatable bonds is 7. The topological polar surface area (TPSA) is 82.4 Å². The molecule has 1 aliphatic rings. The van der Waals surface area contributed by atoms with Crippen molar-refractivity contribution in [3.8, 4) is 11.4 Å². The van der Waals surface area contributed by atoms with Gasteiger partial charge in [-0.3, -0.25) is 9.78 Å². The Hall–Kier alpha value is -4.17. The minimum Gasteiger partial charge on any atom is -0.508 e. The van der Waals surface area contributed by atoms with Crippen LogP contribution in [0, 0.1) is 27.7 Å². The van der Waals surface area contributed by atoms with E-state index in [1.165, 1.54) is 0 Å². The van der Waals surface area contributed by atoms with E-state index < -0.39 is 0 Å². The lowest BCUT2D eigenvalue weighted by Gasteiger charge is -2.28. The van der Waals surface area contributed by atoms with Crippen LogP contribution in [0.1, 0.15) is 52.3 Å². The summed E-state index contributed by atoms with van der Waals surface area (Å²) in [6.45, 7) is 8.63. The molecular weight excluding hydrogens is 506 g/mol. The average Bonchev–Trinajstić information content (AvgIpc) is 3.40. The van der Waals surface area contributed by atoms with Gasteiger partial charge < -0.3 is 25.2 Å². The summed E-state index contributed by atoms with van der Waals surface area (Å²) >= 11 is 5.83. The third kappa shape index (κ3) is 5.38. The Kier molecular flexibility index (Phi) is 7.39. The van der Waals surface area contributed by atoms with Crippen LogP contribution in [0.4, 0.5) is 5.69 Å². The van der Waals surface area contributed by atoms with Gasteiger partial charge in [-0.05, 0) is 105 Å². The number of nitrogens with one attached hydrogen (secondary N) is 2. The molecule has 5 rings (SSSR count). The van der Waals surface area contributed by atoms with Crippen molar-refractivity contribution in [2.45, 2.75) is 46.2 Å². The number of nitrogens with zero attached hydrogens (tertiary/aromatic N) is 3. The lowest BCUT2D eigenvalue weighted by molar-refractivity contribution is -0.116. The van der Waals surface area contributed by atoms with E-state index in [-0.39, 0.29) is 30.2 Å². The Morgan fingerprint density at radius 1 is 1.05 bits per heavy atom. The molecule has 4 aromatic rings. The summed E-state index contributed by atoms with van der Waals surface area (Å²) in [6.07, 6.45) is 2.08. The van der Waals surface area contributed by atoms with Crippen LogP contribution in [0.15, 0.2) is 72.9 Å². The number of carbonyl (C=O) groups is 1. The van der Waals surface area contributed by atoms with Gasteiger partial charge in [-0.25, -0.2) is 0 Å². The second-order valence-electron chi connectivity index (χ2n) is 10.1. The average molecular weight is 540 g/mol. The third-order valence-electron chi connectivity index (χ3n) is 7.34. The zero-order chi connectivity index (χ0) is 27.7. The van der Waals surface area contributed by atoms with E-state index in [0.717, 1.165) is 45.1 Å². The molecule has 0 spiro atoms. The van der Waals surface area contributed by atoms with Crippen LogP contribution in [-0.2, 0) is 4.79 Å². The highest BCUT2D eigenvalue weighted by atomic mass is 32.1. The number of aromatic hydroxyl groups is 1. The number of hydrogen-bond acceptors (Lipinski definition) is 4. The molecule has 39 heavy (non-hydrogen) atoms. The van der Waals surface area contributed by atoms with Gasteiger partial charge in [-0.2, -0.15) is 0 Å². The monoisotopic (exact) mass is 539 g/mol. The number of hydrogen-bond donors (Lipinski definition) is 3. The highest BCUT2D eigenvalue weighted by Gasteiger charge is 2.41. The number of amides is 1. The van der Waals surface area contributed by atoms with E-state index in [0.29, 0.717) is 11.7 Å². The van der Waals surface area contributed by atoms with E-state index in [1.54, 1.807) is 18.3 Å². The molecule has 0 aliphatic carbocycles. The quantitative estimate of drug-likeness (QED) is 0.257. The van der Waals surface area contributed by atoms with Crippen molar-refractivity contribution in [2.75, 3.05) is 11.9 Å². The summed E-state index contributed by atoms with van der Waals surface area (Å²) in [6, 6.07) is 21.0. The molecule has 0 bridgehead atoms. The van der Waals surface area contributed by atoms with Gasteiger partial charge in [0.05, 0.1) is 17.8 Å². The van der Waals surface area contributed by atoms with Crippen LogP contribution in [0.25, 0.3) is 5.69 Å². The first kappa shape index (κ1) is 26.4. The smallest absolute Gasteiger partial charge is 0.226 e. The molecule has 1 saturated heterocycles. The lowest BCUT2D eigenvalue weighted by atomic mass is 9.96. The van der Waals surface area contributed by atoms with Gasteiger partial charge in [0.2, 0.25) is 5.91 Å². The predicted octanol–water partition coefficient (Wildman–Crippen LogP) is 5.81. The van der Waals surface area contributed by atoms with E-state index in [2.05, 4.69) is 45.0 Å². The third-order valence-corrected chi connectivity index (χ3v) is 7.69. The molecule has 2 unspecified atom stereocenters. The highest BCUT2D eigenvalue weighted by molar-refractivity contribution is 7.80. The van der Waals surface area contributed by atoms with Crippen molar-refractivity contribution in [2.24, 2.45) is 0 Å². The largest absolute Gasteiger partial charge is 0.508 e. The van der Waals surface area contributed by atoms with Crippen molar-refractivity contribution in [3.05, 3.63) is 107 Å². The number of aryl methyl sites for hydroxylation is 3. The summed E-state index contributed by atoms with van der Waals surface area (Å²) in [4.78, 5) is 19.8. The first-order valence-electron chi connectivity index (χ1n) is 13.1. The fourth-order valence-corrected chi connectivity index (χ4v) is 5.71. The minimum atomic E-state index is -0.172. The zero-order valence-electron chi connectivity index (χ0n) is 22.6. The zero-order valence-corrected chi connectivity index (χ0v) is 23.4. The van der Waals surface area contributed by atoms with Gasteiger partial charge >= 0.3 is 0 Å². The second kappa shape index (κ2) is 10.9. The van der Waals surface area contributed by atoms with Crippen LogP contribution in [-0.4, -0.2) is 37.1 Å². The molecule has 2 aromatic carbocycles. The summed E-state index contributed by atoms with van der Waals surface area (Å²) < 4.78 is 2.18. The van der Waals surface area contributed by atoms with Crippen LogP contribution in [0.3, 0.4) is 0 Å². The van der Waals surface area contributed by atoms with Gasteiger partial charge in [-0.1, -0.05) is 18.2 Å². The summed E-state index contributed by atoms with van der Waals surface area (Å²) in [5.41, 5.74) is 8.07. The molecular formula is C31H33N5O2S. The molecule has 0 saturated carbocycles. The SMILES string of the molecule is Cc1ccc(C)c(NC(=O)CCN2C(=S)NC(c3ccccn3)C2c2cc(C)n(-c3ccc(O)cc3)c2C)c1. The molecule has 1 fully saturated rings. The fourth-order valence-electron chi connectivity index (χ4n) is 5.38. The van der Waals surface area contributed by atoms with E-state index in [9.17, 15) is 9.90 Å². The predicted molar refractivity (Wildman–Crippen MR) is 158 cm³/mol. The van der Waals surface area contributed by atoms with Crippen molar-refractivity contribution < 1.29 is 9.90 Å². The number of pyridine rings is 1. The number of benzene rings is 2. The van der Waals surface area contributed by atoms with E-state index >= 15 is 0 Å². The summed E-state index contributed by atoms with van der Waals surface area (Å²) in [7, 11) is 0. The van der Waals surface area contributed by atoms with E-state index in [1.807, 2.05) is 62.4 Å². The molecule has 8 heteroatoms. The van der Waals surface area contributed by atoms with Gasteiger partial charge in [0.1, 0.15) is 5.75 Å². The van der Waals surface area contributed by atoms with Gasteiger partial charge in [0.15, 0.2) is 5.11 Å². The van der Waals surface area contributed by atoms with Crippen LogP contribution >= 0.6 is 12.2 Å². The molecule has 7 nitrogen and oxygen atoms in total. The Morgan fingerprint density at radius 2 is 1.82 bits per heavy atom. The van der Waals surface area contributed by atoms with Crippen molar-refractivity contribution in [1.82, 2.24) is 19.8 Å². The van der Waals surface area contributed by atoms with Crippen LogP contribution in [0.5, 0.6) is 5.75 Å². The van der Waals surface area contributed by atoms with Crippen LogP contribution in [0.2, 0.25) is 0 Å².